The molecule has 6 nitrogen and oxygen atoms in total. The molecule has 1 rings (SSSR count). The van der Waals surface area contributed by atoms with E-state index in [9.17, 15) is 10.1 Å². The largest absolute Gasteiger partial charge is 0.361 e. The van der Waals surface area contributed by atoms with Crippen LogP contribution in [0.5, 0.6) is 0 Å². The van der Waals surface area contributed by atoms with E-state index >= 15 is 0 Å². The number of rotatable bonds is 5. The Kier molecular flexibility index (Phi) is 3.65. The van der Waals surface area contributed by atoms with Crippen molar-refractivity contribution in [3.63, 3.8) is 0 Å². The SMILES string of the molecule is C=C(C)CNc1c([N+](=O)[O-])c(CC)nn1C. The lowest BCUT2D eigenvalue weighted by atomic mass is 10.3. The second-order valence-corrected chi connectivity index (χ2v) is 3.69. The first-order chi connectivity index (χ1) is 7.47. The quantitative estimate of drug-likeness (QED) is 0.471. The van der Waals surface area contributed by atoms with E-state index in [0.29, 0.717) is 24.5 Å². The van der Waals surface area contributed by atoms with E-state index in [0.717, 1.165) is 5.57 Å². The molecule has 0 amide bonds. The van der Waals surface area contributed by atoms with Crippen molar-refractivity contribution in [2.45, 2.75) is 20.3 Å². The first-order valence-corrected chi connectivity index (χ1v) is 5.05. The molecule has 6 heteroatoms. The molecule has 0 atom stereocenters. The summed E-state index contributed by atoms with van der Waals surface area (Å²) in [7, 11) is 1.69. The Morgan fingerprint density at radius 2 is 2.31 bits per heavy atom. The minimum absolute atomic E-state index is 0.0613. The van der Waals surface area contributed by atoms with Crippen LogP contribution in [0.2, 0.25) is 0 Å². The second kappa shape index (κ2) is 4.78. The van der Waals surface area contributed by atoms with Crippen LogP contribution in [0.4, 0.5) is 11.5 Å². The molecule has 1 aromatic rings. The summed E-state index contributed by atoms with van der Waals surface area (Å²) >= 11 is 0. The van der Waals surface area contributed by atoms with Gasteiger partial charge in [-0.2, -0.15) is 5.10 Å². The van der Waals surface area contributed by atoms with Gasteiger partial charge in [0.15, 0.2) is 0 Å². The van der Waals surface area contributed by atoms with Gasteiger partial charge in [-0.15, -0.1) is 0 Å². The number of aryl methyl sites for hydroxylation is 2. The van der Waals surface area contributed by atoms with Gasteiger partial charge in [-0.05, 0) is 13.3 Å². The molecule has 16 heavy (non-hydrogen) atoms. The van der Waals surface area contributed by atoms with Gasteiger partial charge < -0.3 is 5.32 Å². The average molecular weight is 224 g/mol. The second-order valence-electron chi connectivity index (χ2n) is 3.69. The standard InChI is InChI=1S/C10H16N4O2/c1-5-8-9(14(15)16)10(13(4)12-8)11-6-7(2)3/h11H,2,5-6H2,1,3-4H3. The van der Waals surface area contributed by atoms with Crippen molar-refractivity contribution in [2.24, 2.45) is 7.05 Å². The molecular weight excluding hydrogens is 208 g/mol. The van der Waals surface area contributed by atoms with E-state index < -0.39 is 4.92 Å². The highest BCUT2D eigenvalue weighted by Crippen LogP contribution is 2.28. The zero-order chi connectivity index (χ0) is 12.3. The Balaban J connectivity index is 3.10. The third kappa shape index (κ3) is 2.39. The summed E-state index contributed by atoms with van der Waals surface area (Å²) in [6.45, 7) is 7.95. The molecule has 0 fully saturated rings. The van der Waals surface area contributed by atoms with E-state index in [1.54, 1.807) is 7.05 Å². The predicted octanol–water partition coefficient (Wildman–Crippen LogP) is 1.88. The van der Waals surface area contributed by atoms with Gasteiger partial charge in [0.25, 0.3) is 0 Å². The van der Waals surface area contributed by atoms with Crippen molar-refractivity contribution in [2.75, 3.05) is 11.9 Å². The summed E-state index contributed by atoms with van der Waals surface area (Å²) in [5, 5.41) is 18.0. The molecule has 0 aromatic carbocycles. The molecule has 88 valence electrons. The van der Waals surface area contributed by atoms with Crippen LogP contribution in [-0.2, 0) is 13.5 Å². The average Bonchev–Trinajstić information content (AvgIpc) is 2.51. The molecule has 1 aromatic heterocycles. The van der Waals surface area contributed by atoms with E-state index in [2.05, 4.69) is 17.0 Å². The van der Waals surface area contributed by atoms with Gasteiger partial charge in [-0.25, -0.2) is 4.68 Å². The van der Waals surface area contributed by atoms with Gasteiger partial charge in [-0.3, -0.25) is 10.1 Å². The maximum absolute atomic E-state index is 10.9. The highest BCUT2D eigenvalue weighted by molar-refractivity contribution is 5.60. The molecule has 0 aliphatic rings. The lowest BCUT2D eigenvalue weighted by molar-refractivity contribution is -0.384. The molecule has 0 unspecified atom stereocenters. The number of nitrogens with zero attached hydrogens (tertiary/aromatic N) is 3. The zero-order valence-corrected chi connectivity index (χ0v) is 9.78. The van der Waals surface area contributed by atoms with E-state index in [4.69, 9.17) is 0 Å². The van der Waals surface area contributed by atoms with Crippen molar-refractivity contribution in [3.05, 3.63) is 28.0 Å². The number of hydrogen-bond donors (Lipinski definition) is 1. The minimum atomic E-state index is -0.396. The number of aromatic nitrogens is 2. The number of hydrogen-bond acceptors (Lipinski definition) is 4. The normalized spacial score (nSPS) is 10.2. The number of nitrogens with one attached hydrogen (secondary N) is 1. The van der Waals surface area contributed by atoms with Gasteiger partial charge in [0.2, 0.25) is 5.82 Å². The van der Waals surface area contributed by atoms with Crippen LogP contribution in [0.3, 0.4) is 0 Å². The van der Waals surface area contributed by atoms with Gasteiger partial charge in [-0.1, -0.05) is 19.1 Å². The van der Waals surface area contributed by atoms with Crippen LogP contribution < -0.4 is 5.32 Å². The number of anilines is 1. The highest BCUT2D eigenvalue weighted by atomic mass is 16.6. The molecule has 0 saturated heterocycles. The molecule has 1 heterocycles. The van der Waals surface area contributed by atoms with Gasteiger partial charge >= 0.3 is 5.69 Å². The first kappa shape index (κ1) is 12.2. The van der Waals surface area contributed by atoms with E-state index in [1.807, 2.05) is 13.8 Å². The molecule has 0 saturated carbocycles. The van der Waals surface area contributed by atoms with Crippen LogP contribution in [0.25, 0.3) is 0 Å². The fraction of sp³-hybridized carbons (Fsp3) is 0.500. The summed E-state index contributed by atoms with van der Waals surface area (Å²) in [5.41, 5.74) is 1.47. The fourth-order valence-corrected chi connectivity index (χ4v) is 1.43. The summed E-state index contributed by atoms with van der Waals surface area (Å²) < 4.78 is 1.50. The summed E-state index contributed by atoms with van der Waals surface area (Å²) in [6.07, 6.45) is 0.541. The van der Waals surface area contributed by atoms with Crippen LogP contribution in [0, 0.1) is 10.1 Å². The van der Waals surface area contributed by atoms with Crippen LogP contribution in [0.15, 0.2) is 12.2 Å². The molecule has 1 N–H and O–H groups in total. The minimum Gasteiger partial charge on any atom is -0.361 e. The van der Waals surface area contributed by atoms with Crippen molar-refractivity contribution in [1.29, 1.82) is 0 Å². The predicted molar refractivity (Wildman–Crippen MR) is 62.5 cm³/mol. The van der Waals surface area contributed by atoms with Crippen molar-refractivity contribution in [3.8, 4) is 0 Å². The molecule has 0 aliphatic heterocycles. The van der Waals surface area contributed by atoms with Crippen LogP contribution in [-0.4, -0.2) is 21.2 Å². The Hall–Kier alpha value is -1.85. The smallest absolute Gasteiger partial charge is 0.333 e. The van der Waals surface area contributed by atoms with Gasteiger partial charge in [0, 0.05) is 13.6 Å². The van der Waals surface area contributed by atoms with E-state index in [1.165, 1.54) is 4.68 Å². The number of nitro groups is 1. The first-order valence-electron chi connectivity index (χ1n) is 5.05. The summed E-state index contributed by atoms with van der Waals surface area (Å²) in [5.74, 6) is 0.435. The molecule has 0 bridgehead atoms. The fourth-order valence-electron chi connectivity index (χ4n) is 1.43. The van der Waals surface area contributed by atoms with Gasteiger partial charge in [0.1, 0.15) is 5.69 Å². The zero-order valence-electron chi connectivity index (χ0n) is 9.78. The van der Waals surface area contributed by atoms with Crippen LogP contribution in [0.1, 0.15) is 19.5 Å². The van der Waals surface area contributed by atoms with Crippen molar-refractivity contribution < 1.29 is 4.92 Å². The van der Waals surface area contributed by atoms with Gasteiger partial charge in [0.05, 0.1) is 4.92 Å². The third-order valence-electron chi connectivity index (χ3n) is 2.17. The molecular formula is C10H16N4O2. The lowest BCUT2D eigenvalue weighted by Gasteiger charge is -2.04. The van der Waals surface area contributed by atoms with Crippen molar-refractivity contribution in [1.82, 2.24) is 9.78 Å². The lowest BCUT2D eigenvalue weighted by Crippen LogP contribution is -2.08. The Morgan fingerprint density at radius 1 is 1.69 bits per heavy atom. The summed E-state index contributed by atoms with van der Waals surface area (Å²) in [6, 6.07) is 0. The Bertz CT molecular complexity index is 423. The van der Waals surface area contributed by atoms with Crippen molar-refractivity contribution >= 4 is 11.5 Å². The Labute approximate surface area is 94.1 Å². The van der Waals surface area contributed by atoms with E-state index in [-0.39, 0.29) is 5.69 Å². The topological polar surface area (TPSA) is 73.0 Å². The molecule has 0 spiro atoms. The molecule has 0 aliphatic carbocycles. The summed E-state index contributed by atoms with van der Waals surface area (Å²) in [4.78, 5) is 10.6. The monoisotopic (exact) mass is 224 g/mol. The Morgan fingerprint density at radius 3 is 2.75 bits per heavy atom. The maximum atomic E-state index is 10.9. The highest BCUT2D eigenvalue weighted by Gasteiger charge is 2.24. The maximum Gasteiger partial charge on any atom is 0.333 e. The molecule has 0 radical (unpaired) electrons. The van der Waals surface area contributed by atoms with Crippen LogP contribution >= 0.6 is 0 Å². The third-order valence-corrected chi connectivity index (χ3v) is 2.17.